The number of hydrogen-bond donors (Lipinski definition) is 3. The lowest BCUT2D eigenvalue weighted by Gasteiger charge is -2.23. The molecule has 3 aromatic rings. The van der Waals surface area contributed by atoms with Gasteiger partial charge in [0.1, 0.15) is 19.3 Å². The third kappa shape index (κ3) is 4.78. The lowest BCUT2D eigenvalue weighted by molar-refractivity contribution is -0.0460. The van der Waals surface area contributed by atoms with E-state index in [1.54, 1.807) is 37.6 Å². The van der Waals surface area contributed by atoms with E-state index in [0.717, 1.165) is 11.1 Å². The number of amides is 1. The van der Waals surface area contributed by atoms with E-state index in [1.807, 2.05) is 12.1 Å². The van der Waals surface area contributed by atoms with Crippen LogP contribution in [-0.4, -0.2) is 78.0 Å². The number of aromatic nitrogens is 2. The molecule has 11 nitrogen and oxygen atoms in total. The Labute approximate surface area is 201 Å². The minimum atomic E-state index is -1.28. The van der Waals surface area contributed by atoms with Crippen molar-refractivity contribution in [2.45, 2.75) is 24.9 Å². The van der Waals surface area contributed by atoms with Crippen molar-refractivity contribution in [2.75, 3.05) is 38.3 Å². The highest BCUT2D eigenvalue weighted by Gasteiger charge is 2.39. The number of pyridine rings is 2. The van der Waals surface area contributed by atoms with Crippen molar-refractivity contribution >= 4 is 22.8 Å². The van der Waals surface area contributed by atoms with Gasteiger partial charge in [0.05, 0.1) is 36.5 Å². The summed E-state index contributed by atoms with van der Waals surface area (Å²) in [6.07, 6.45) is -2.25. The normalized spacial score (nSPS) is 18.9. The first-order chi connectivity index (χ1) is 17.0. The molecule has 1 saturated heterocycles. The number of cyclic esters (lactones) is 1. The lowest BCUT2D eigenvalue weighted by Crippen LogP contribution is -2.44. The Bertz CT molecular complexity index is 1220. The van der Waals surface area contributed by atoms with Crippen molar-refractivity contribution in [3.05, 3.63) is 48.2 Å². The number of methoxy groups -OCH3 is 1. The number of fused-ring (bicyclic) bond motifs is 2. The average Bonchev–Trinajstić information content (AvgIpc) is 3.29. The molecular formula is C24H26N4O7. The number of carbonyl (C=O) groups is 1. The summed E-state index contributed by atoms with van der Waals surface area (Å²) in [5.41, 5.74) is 2.85. The Balaban J connectivity index is 1.19. The van der Waals surface area contributed by atoms with E-state index in [-0.39, 0.29) is 13.1 Å². The van der Waals surface area contributed by atoms with E-state index in [4.69, 9.17) is 18.9 Å². The van der Waals surface area contributed by atoms with Crippen LogP contribution in [0.4, 0.5) is 10.5 Å². The predicted molar refractivity (Wildman–Crippen MR) is 125 cm³/mol. The second-order valence-corrected chi connectivity index (χ2v) is 8.24. The number of hydrogen-bond acceptors (Lipinski definition) is 10. The zero-order chi connectivity index (χ0) is 24.4. The standard InChI is InChI=1S/C24H26N4O7/c1-32-21-5-3-16-22(27-21)14(6-7-26-16)11-25-12-17(29)23(30)20-13-28(24(31)35-20)15-2-4-18-19(10-15)34-9-8-33-18/h2-7,10,17,20,23,25,29-30H,8-9,11-13H2,1H3/t17-,20+,23?/m1/s1. The SMILES string of the molecule is COc1ccc2nccc(CNC[C@@H](O)C(O)[C@@H]3CN(c4ccc5c(c4)OCCO5)C(=O)O3)c2n1. The zero-order valence-electron chi connectivity index (χ0n) is 19.1. The van der Waals surface area contributed by atoms with E-state index >= 15 is 0 Å². The molecule has 0 radical (unpaired) electrons. The number of anilines is 1. The Kier molecular flexibility index (Phi) is 6.53. The molecule has 0 bridgehead atoms. The second-order valence-electron chi connectivity index (χ2n) is 8.24. The van der Waals surface area contributed by atoms with E-state index in [9.17, 15) is 15.0 Å². The van der Waals surface area contributed by atoms with Gasteiger partial charge in [-0.1, -0.05) is 0 Å². The van der Waals surface area contributed by atoms with Gasteiger partial charge in [-0.15, -0.1) is 0 Å². The van der Waals surface area contributed by atoms with E-state index in [1.165, 1.54) is 4.90 Å². The molecule has 5 rings (SSSR count). The molecular weight excluding hydrogens is 456 g/mol. The predicted octanol–water partition coefficient (Wildman–Crippen LogP) is 1.25. The molecule has 0 aliphatic carbocycles. The monoisotopic (exact) mass is 482 g/mol. The van der Waals surface area contributed by atoms with Gasteiger partial charge in [-0.2, -0.15) is 0 Å². The number of aliphatic hydroxyl groups is 2. The number of nitrogens with zero attached hydrogens (tertiary/aromatic N) is 3. The summed E-state index contributed by atoms with van der Waals surface area (Å²) in [6, 6.07) is 10.5. The van der Waals surface area contributed by atoms with Gasteiger partial charge in [0, 0.05) is 31.4 Å². The summed E-state index contributed by atoms with van der Waals surface area (Å²) in [5.74, 6) is 1.64. The molecule has 1 amide bonds. The van der Waals surface area contributed by atoms with Crippen LogP contribution in [-0.2, 0) is 11.3 Å². The van der Waals surface area contributed by atoms with Crippen molar-refractivity contribution < 1.29 is 34.0 Å². The number of aliphatic hydroxyl groups excluding tert-OH is 2. The van der Waals surface area contributed by atoms with E-state index in [0.29, 0.717) is 48.3 Å². The molecule has 0 saturated carbocycles. The first kappa shape index (κ1) is 23.1. The molecule has 0 spiro atoms. The van der Waals surface area contributed by atoms with Crippen LogP contribution in [0, 0.1) is 0 Å². The Morgan fingerprint density at radius 2 is 2.00 bits per heavy atom. The van der Waals surface area contributed by atoms with Gasteiger partial charge in [-0.3, -0.25) is 9.88 Å². The van der Waals surface area contributed by atoms with Crippen LogP contribution in [0.1, 0.15) is 5.56 Å². The third-order valence-electron chi connectivity index (χ3n) is 5.97. The van der Waals surface area contributed by atoms with Crippen molar-refractivity contribution in [1.29, 1.82) is 0 Å². The van der Waals surface area contributed by atoms with Crippen LogP contribution in [0.2, 0.25) is 0 Å². The van der Waals surface area contributed by atoms with Gasteiger partial charge in [0.2, 0.25) is 5.88 Å². The molecule has 1 unspecified atom stereocenters. The van der Waals surface area contributed by atoms with Crippen LogP contribution < -0.4 is 24.4 Å². The van der Waals surface area contributed by atoms with Gasteiger partial charge in [-0.05, 0) is 29.8 Å². The molecule has 35 heavy (non-hydrogen) atoms. The van der Waals surface area contributed by atoms with Gasteiger partial charge in [0.25, 0.3) is 0 Å². The molecule has 2 aromatic heterocycles. The fourth-order valence-electron chi connectivity index (χ4n) is 4.11. The number of carbonyl (C=O) groups excluding carboxylic acids is 1. The quantitative estimate of drug-likeness (QED) is 0.430. The topological polar surface area (TPSA) is 136 Å². The lowest BCUT2D eigenvalue weighted by atomic mass is 10.1. The van der Waals surface area contributed by atoms with Crippen LogP contribution >= 0.6 is 0 Å². The molecule has 3 atom stereocenters. The average molecular weight is 482 g/mol. The molecule has 2 aliphatic rings. The highest BCUT2D eigenvalue weighted by Crippen LogP contribution is 2.35. The minimum absolute atomic E-state index is 0.0764. The molecule has 3 N–H and O–H groups in total. The second kappa shape index (κ2) is 9.90. The highest BCUT2D eigenvalue weighted by atomic mass is 16.6. The largest absolute Gasteiger partial charge is 0.486 e. The molecule has 184 valence electrons. The maximum atomic E-state index is 12.5. The fraction of sp³-hybridized carbons (Fsp3) is 0.375. The molecule has 1 fully saturated rings. The van der Waals surface area contributed by atoms with Gasteiger partial charge >= 0.3 is 6.09 Å². The van der Waals surface area contributed by atoms with Crippen molar-refractivity contribution in [1.82, 2.24) is 15.3 Å². The van der Waals surface area contributed by atoms with Gasteiger partial charge in [-0.25, -0.2) is 9.78 Å². The smallest absolute Gasteiger partial charge is 0.414 e. The summed E-state index contributed by atoms with van der Waals surface area (Å²) in [5, 5.41) is 24.3. The number of nitrogens with one attached hydrogen (secondary N) is 1. The van der Waals surface area contributed by atoms with Gasteiger partial charge < -0.3 is 34.5 Å². The Morgan fingerprint density at radius 1 is 1.17 bits per heavy atom. The number of ether oxygens (including phenoxy) is 4. The number of rotatable bonds is 8. The van der Waals surface area contributed by atoms with Crippen molar-refractivity contribution in [2.24, 2.45) is 0 Å². The molecule has 4 heterocycles. The molecule has 1 aromatic carbocycles. The van der Waals surface area contributed by atoms with Gasteiger partial charge in [0.15, 0.2) is 17.6 Å². The van der Waals surface area contributed by atoms with Crippen LogP contribution in [0.25, 0.3) is 11.0 Å². The maximum absolute atomic E-state index is 12.5. The van der Waals surface area contributed by atoms with Crippen LogP contribution in [0.3, 0.4) is 0 Å². The number of benzene rings is 1. The molecule has 11 heteroatoms. The van der Waals surface area contributed by atoms with E-state index in [2.05, 4.69) is 15.3 Å². The molecule has 2 aliphatic heterocycles. The summed E-state index contributed by atoms with van der Waals surface area (Å²) < 4.78 is 21.6. The summed E-state index contributed by atoms with van der Waals surface area (Å²) in [4.78, 5) is 22.6. The minimum Gasteiger partial charge on any atom is -0.486 e. The van der Waals surface area contributed by atoms with Crippen molar-refractivity contribution in [3.8, 4) is 17.4 Å². The fourth-order valence-corrected chi connectivity index (χ4v) is 4.11. The summed E-state index contributed by atoms with van der Waals surface area (Å²) in [6.45, 7) is 1.46. The first-order valence-corrected chi connectivity index (χ1v) is 11.3. The summed E-state index contributed by atoms with van der Waals surface area (Å²) >= 11 is 0. The van der Waals surface area contributed by atoms with E-state index < -0.39 is 24.4 Å². The van der Waals surface area contributed by atoms with Crippen molar-refractivity contribution in [3.63, 3.8) is 0 Å². The Hall–Kier alpha value is -3.67. The first-order valence-electron chi connectivity index (χ1n) is 11.3. The van der Waals surface area contributed by atoms with Crippen LogP contribution in [0.5, 0.6) is 17.4 Å². The summed E-state index contributed by atoms with van der Waals surface area (Å²) in [7, 11) is 1.55. The maximum Gasteiger partial charge on any atom is 0.414 e. The highest BCUT2D eigenvalue weighted by molar-refractivity contribution is 5.90. The zero-order valence-corrected chi connectivity index (χ0v) is 19.1. The third-order valence-corrected chi connectivity index (χ3v) is 5.97. The van der Waals surface area contributed by atoms with Crippen LogP contribution in [0.15, 0.2) is 42.6 Å². The Morgan fingerprint density at radius 3 is 2.83 bits per heavy atom.